The molecule has 0 saturated carbocycles. The predicted octanol–water partition coefficient (Wildman–Crippen LogP) is 17.6. The van der Waals surface area contributed by atoms with E-state index >= 15 is 0 Å². The summed E-state index contributed by atoms with van der Waals surface area (Å²) in [7, 11) is 0. The summed E-state index contributed by atoms with van der Waals surface area (Å²) in [6.45, 7) is 0. The molecule has 0 radical (unpaired) electrons. The van der Waals surface area contributed by atoms with Crippen LogP contribution in [0.25, 0.3) is 87.3 Å². The van der Waals surface area contributed by atoms with E-state index < -0.39 is 0 Å². The lowest BCUT2D eigenvalue weighted by molar-refractivity contribution is 0.669. The fourth-order valence-corrected chi connectivity index (χ4v) is 9.82. The Kier molecular flexibility index (Phi) is 8.18. The van der Waals surface area contributed by atoms with Crippen LogP contribution in [0, 0.1) is 0 Å². The molecule has 0 saturated heterocycles. The van der Waals surface area contributed by atoms with Gasteiger partial charge in [-0.25, -0.2) is 0 Å². The van der Waals surface area contributed by atoms with Crippen LogP contribution in [-0.4, -0.2) is 0 Å². The Labute approximate surface area is 369 Å². The van der Waals surface area contributed by atoms with Crippen molar-refractivity contribution in [1.82, 2.24) is 0 Å². The van der Waals surface area contributed by atoms with Crippen molar-refractivity contribution >= 4 is 110 Å². The molecule has 2 aromatic heterocycles. The minimum Gasteiger partial charge on any atom is -0.455 e. The predicted molar refractivity (Wildman–Crippen MR) is 268 cm³/mol. The fourth-order valence-electron chi connectivity index (χ4n) is 9.82. The van der Waals surface area contributed by atoms with Gasteiger partial charge in [0.05, 0.1) is 5.69 Å². The van der Waals surface area contributed by atoms with Crippen molar-refractivity contribution in [2.24, 2.45) is 0 Å². The summed E-state index contributed by atoms with van der Waals surface area (Å²) in [6.07, 6.45) is 0. The van der Waals surface area contributed by atoms with Crippen LogP contribution in [0.15, 0.2) is 239 Å². The quantitative estimate of drug-likeness (QED) is 0.150. The van der Waals surface area contributed by atoms with E-state index in [0.29, 0.717) is 0 Å². The molecular weight excluding hydrogens is 781 g/mol. The topological polar surface area (TPSA) is 32.8 Å². The minimum absolute atomic E-state index is 0.854. The highest BCUT2D eigenvalue weighted by Gasteiger charge is 2.22. The second kappa shape index (κ2) is 14.5. The summed E-state index contributed by atoms with van der Waals surface area (Å²) in [5.41, 5.74) is 12.1. The summed E-state index contributed by atoms with van der Waals surface area (Å²) in [4.78, 5) is 4.60. The molecule has 0 aliphatic heterocycles. The van der Waals surface area contributed by atoms with E-state index in [-0.39, 0.29) is 0 Å². The monoisotopic (exact) mass is 818 g/mol. The van der Waals surface area contributed by atoms with Crippen LogP contribution in [0.1, 0.15) is 0 Å². The van der Waals surface area contributed by atoms with Gasteiger partial charge in [0, 0.05) is 61.4 Å². The summed E-state index contributed by atoms with van der Waals surface area (Å²) < 4.78 is 13.5. The second-order valence-electron chi connectivity index (χ2n) is 16.5. The van der Waals surface area contributed by atoms with Gasteiger partial charge in [-0.3, -0.25) is 0 Å². The van der Waals surface area contributed by atoms with Crippen LogP contribution in [0.2, 0.25) is 0 Å². The molecule has 11 aromatic carbocycles. The minimum atomic E-state index is 0.854. The number of hydrogen-bond donors (Lipinski definition) is 0. The molecule has 0 N–H and O–H groups in total. The number of furan rings is 2. The van der Waals surface area contributed by atoms with E-state index in [1.807, 2.05) is 12.1 Å². The van der Waals surface area contributed by atoms with E-state index in [9.17, 15) is 0 Å². The first-order valence-corrected chi connectivity index (χ1v) is 21.7. The number of para-hydroxylation sites is 4. The average Bonchev–Trinajstić information content (AvgIpc) is 3.95. The standard InChI is InChI=1S/C60H38N2O2/c1-3-16-43(17-4-1)61(46-32-28-39-14-7-8-15-41(39)36-46)47-33-35-53-57(38-47)64-60-52-34-29-42(37-54(52)48-20-9-10-22-50(48)58(53)60)40-26-30-45(31-27-40)62(44-18-5-2-6-19-44)55-24-13-23-51-49-21-11-12-25-56(49)63-59(51)55/h1-38H. The first kappa shape index (κ1) is 36.1. The van der Waals surface area contributed by atoms with Crippen molar-refractivity contribution in [2.75, 3.05) is 9.80 Å². The average molecular weight is 819 g/mol. The Bertz CT molecular complexity index is 3910. The van der Waals surface area contributed by atoms with Gasteiger partial charge in [-0.1, -0.05) is 140 Å². The molecule has 13 rings (SSSR count). The highest BCUT2D eigenvalue weighted by atomic mass is 16.3. The van der Waals surface area contributed by atoms with Crippen molar-refractivity contribution < 1.29 is 8.83 Å². The van der Waals surface area contributed by atoms with E-state index in [2.05, 4.69) is 228 Å². The third-order valence-electron chi connectivity index (χ3n) is 12.8. The molecule has 64 heavy (non-hydrogen) atoms. The number of anilines is 6. The molecule has 0 aliphatic rings. The van der Waals surface area contributed by atoms with Crippen LogP contribution in [0.3, 0.4) is 0 Å². The highest BCUT2D eigenvalue weighted by molar-refractivity contribution is 6.30. The molecule has 0 unspecified atom stereocenters. The lowest BCUT2D eigenvalue weighted by Gasteiger charge is -2.25. The first-order valence-electron chi connectivity index (χ1n) is 21.7. The SMILES string of the molecule is c1ccc(N(c2ccc3ccccc3c2)c2ccc3c(c2)oc2c4ccc(-c5ccc(N(c6ccccc6)c6cccc7c6oc6ccccc67)cc5)cc4c4ccccc4c32)cc1. The van der Waals surface area contributed by atoms with Gasteiger partial charge in [-0.15, -0.1) is 0 Å². The zero-order chi connectivity index (χ0) is 42.1. The van der Waals surface area contributed by atoms with Gasteiger partial charge in [0.15, 0.2) is 5.58 Å². The largest absolute Gasteiger partial charge is 0.455 e. The van der Waals surface area contributed by atoms with Crippen molar-refractivity contribution in [3.05, 3.63) is 231 Å². The first-order chi connectivity index (χ1) is 31.7. The van der Waals surface area contributed by atoms with Gasteiger partial charge in [0.1, 0.15) is 16.7 Å². The normalized spacial score (nSPS) is 11.8. The molecule has 13 aromatic rings. The number of benzene rings is 11. The summed E-state index contributed by atoms with van der Waals surface area (Å²) >= 11 is 0. The summed E-state index contributed by atoms with van der Waals surface area (Å²) in [6, 6.07) is 82.0. The maximum absolute atomic E-state index is 6.99. The Morgan fingerprint density at radius 2 is 0.828 bits per heavy atom. The molecule has 0 aliphatic carbocycles. The van der Waals surface area contributed by atoms with E-state index in [1.165, 1.54) is 21.5 Å². The number of hydrogen-bond acceptors (Lipinski definition) is 4. The Morgan fingerprint density at radius 1 is 0.266 bits per heavy atom. The molecule has 0 atom stereocenters. The van der Waals surface area contributed by atoms with Gasteiger partial charge in [0.25, 0.3) is 0 Å². The Hall–Kier alpha value is -8.60. The van der Waals surface area contributed by atoms with Crippen LogP contribution < -0.4 is 9.80 Å². The molecule has 4 nitrogen and oxygen atoms in total. The Morgan fingerprint density at radius 3 is 1.64 bits per heavy atom. The molecule has 2 heterocycles. The summed E-state index contributed by atoms with van der Waals surface area (Å²) in [5.74, 6) is 0. The van der Waals surface area contributed by atoms with Crippen LogP contribution >= 0.6 is 0 Å². The van der Waals surface area contributed by atoms with Crippen LogP contribution in [0.5, 0.6) is 0 Å². The van der Waals surface area contributed by atoms with E-state index in [4.69, 9.17) is 8.83 Å². The number of rotatable bonds is 7. The molecule has 0 fully saturated rings. The van der Waals surface area contributed by atoms with Gasteiger partial charge in [-0.2, -0.15) is 0 Å². The smallest absolute Gasteiger partial charge is 0.159 e. The number of nitrogens with zero attached hydrogens (tertiary/aromatic N) is 2. The molecule has 0 amide bonds. The van der Waals surface area contributed by atoms with Gasteiger partial charge in [0.2, 0.25) is 0 Å². The zero-order valence-electron chi connectivity index (χ0n) is 34.7. The van der Waals surface area contributed by atoms with E-state index in [1.54, 1.807) is 0 Å². The van der Waals surface area contributed by atoms with E-state index in [0.717, 1.165) is 99.9 Å². The van der Waals surface area contributed by atoms with Crippen molar-refractivity contribution in [3.63, 3.8) is 0 Å². The van der Waals surface area contributed by atoms with Crippen molar-refractivity contribution in [1.29, 1.82) is 0 Å². The van der Waals surface area contributed by atoms with Crippen molar-refractivity contribution in [3.8, 4) is 11.1 Å². The highest BCUT2D eigenvalue weighted by Crippen LogP contribution is 2.46. The second-order valence-corrected chi connectivity index (χ2v) is 16.5. The third-order valence-corrected chi connectivity index (χ3v) is 12.8. The zero-order valence-corrected chi connectivity index (χ0v) is 34.7. The number of fused-ring (bicyclic) bond motifs is 12. The lowest BCUT2D eigenvalue weighted by Crippen LogP contribution is -2.10. The van der Waals surface area contributed by atoms with Crippen molar-refractivity contribution in [2.45, 2.75) is 0 Å². The van der Waals surface area contributed by atoms with Gasteiger partial charge < -0.3 is 18.6 Å². The van der Waals surface area contributed by atoms with Crippen LogP contribution in [-0.2, 0) is 0 Å². The van der Waals surface area contributed by atoms with Gasteiger partial charge in [-0.05, 0) is 123 Å². The molecule has 0 spiro atoms. The molecule has 300 valence electrons. The lowest BCUT2D eigenvalue weighted by atomic mass is 9.94. The maximum atomic E-state index is 6.99. The summed E-state index contributed by atoms with van der Waals surface area (Å²) in [5, 5.41) is 11.5. The van der Waals surface area contributed by atoms with Gasteiger partial charge >= 0.3 is 0 Å². The molecular formula is C60H38N2O2. The third kappa shape index (κ3) is 5.77. The molecule has 4 heteroatoms. The van der Waals surface area contributed by atoms with Crippen LogP contribution in [0.4, 0.5) is 34.1 Å². The maximum Gasteiger partial charge on any atom is 0.159 e. The molecule has 0 bridgehead atoms. The Balaban J connectivity index is 0.924. The fraction of sp³-hybridized carbons (Fsp3) is 0.